The smallest absolute Gasteiger partial charge is 0.0793 e. The molecule has 0 heterocycles. The van der Waals surface area contributed by atoms with E-state index in [9.17, 15) is 0 Å². The molecule has 0 unspecified atom stereocenters. The zero-order valence-corrected chi connectivity index (χ0v) is 35.1. The summed E-state index contributed by atoms with van der Waals surface area (Å²) in [6.45, 7) is 42.9. The van der Waals surface area contributed by atoms with Gasteiger partial charge in [0.1, 0.15) is 0 Å². The first kappa shape index (κ1) is 38.2. The van der Waals surface area contributed by atoms with Crippen molar-refractivity contribution in [2.24, 2.45) is 0 Å². The van der Waals surface area contributed by atoms with Crippen molar-refractivity contribution in [3.05, 3.63) is 112 Å². The Kier molecular flexibility index (Phi) is 9.77. The molecule has 3 aromatic rings. The number of rotatable bonds is 4. The van der Waals surface area contributed by atoms with E-state index in [0.29, 0.717) is 0 Å². The molecular formula is C47H68Si. The fraction of sp³-hybridized carbons (Fsp3) is 0.532. The lowest BCUT2D eigenvalue weighted by Crippen LogP contribution is -2.70. The van der Waals surface area contributed by atoms with Crippen LogP contribution in [-0.4, -0.2) is 8.07 Å². The third kappa shape index (κ3) is 7.72. The molecule has 0 saturated carbocycles. The summed E-state index contributed by atoms with van der Waals surface area (Å²) >= 11 is 0. The average Bonchev–Trinajstić information content (AvgIpc) is 3.45. The van der Waals surface area contributed by atoms with Crippen molar-refractivity contribution in [1.82, 2.24) is 0 Å². The van der Waals surface area contributed by atoms with Gasteiger partial charge < -0.3 is 0 Å². The minimum absolute atomic E-state index is 0.0190. The van der Waals surface area contributed by atoms with Gasteiger partial charge in [-0.25, -0.2) is 0 Å². The summed E-state index contributed by atoms with van der Waals surface area (Å²) in [5.41, 5.74) is 8.97. The van der Waals surface area contributed by atoms with Crippen LogP contribution in [0.15, 0.2) is 78.9 Å². The second kappa shape index (κ2) is 12.3. The van der Waals surface area contributed by atoms with E-state index in [1.165, 1.54) is 48.9 Å². The highest BCUT2D eigenvalue weighted by molar-refractivity contribution is 7.13. The number of hydrogen-bond acceptors (Lipinski definition) is 0. The molecule has 48 heavy (non-hydrogen) atoms. The van der Waals surface area contributed by atoms with Crippen LogP contribution < -0.4 is 15.6 Å². The highest BCUT2D eigenvalue weighted by Crippen LogP contribution is 2.38. The molecule has 0 saturated heterocycles. The summed E-state index contributed by atoms with van der Waals surface area (Å²) in [6, 6.07) is 23.3. The molecule has 0 radical (unpaired) electrons. The fourth-order valence-corrected chi connectivity index (χ4v) is 12.2. The quantitative estimate of drug-likeness (QED) is 0.193. The molecule has 0 amide bonds. The molecule has 4 rings (SSSR count). The first-order valence-corrected chi connectivity index (χ1v) is 20.5. The van der Waals surface area contributed by atoms with Crippen molar-refractivity contribution in [3.63, 3.8) is 0 Å². The Hall–Kier alpha value is -2.64. The number of allylic oxidation sites excluding steroid dienone is 4. The maximum absolute atomic E-state index is 2.83. The molecule has 0 atom stereocenters. The van der Waals surface area contributed by atoms with E-state index in [-0.39, 0.29) is 38.0 Å². The molecule has 0 spiro atoms. The van der Waals surface area contributed by atoms with Gasteiger partial charge in [-0.3, -0.25) is 0 Å². The SMILES string of the molecule is CC(C)(C)c1cc(C(C)(C)C)cc([Si](c2cc(C(C)(C)C)cc(C(C)(C)C)c2)(c2cc(C(C)(C)C)cc(C(C)(C)C)c2)C2C=CC=C2)c1. The Morgan fingerprint density at radius 2 is 0.500 bits per heavy atom. The molecule has 0 fully saturated rings. The van der Waals surface area contributed by atoms with Gasteiger partial charge in [0, 0.05) is 5.54 Å². The molecule has 1 aliphatic rings. The summed E-state index contributed by atoms with van der Waals surface area (Å²) in [4.78, 5) is 0. The van der Waals surface area contributed by atoms with Gasteiger partial charge in [-0.1, -0.05) is 204 Å². The van der Waals surface area contributed by atoms with Crippen molar-refractivity contribution in [1.29, 1.82) is 0 Å². The minimum Gasteiger partial charge on any atom is -0.0793 e. The van der Waals surface area contributed by atoms with Gasteiger partial charge in [-0.15, -0.1) is 0 Å². The maximum Gasteiger partial charge on any atom is 0.158 e. The zero-order valence-electron chi connectivity index (χ0n) is 34.1. The Balaban J connectivity index is 2.40. The van der Waals surface area contributed by atoms with Crippen molar-refractivity contribution >= 4 is 23.6 Å². The predicted molar refractivity (Wildman–Crippen MR) is 218 cm³/mol. The highest BCUT2D eigenvalue weighted by atomic mass is 28.3. The van der Waals surface area contributed by atoms with Crippen LogP contribution >= 0.6 is 0 Å². The molecule has 260 valence electrons. The van der Waals surface area contributed by atoms with Gasteiger partial charge in [0.05, 0.1) is 0 Å². The topological polar surface area (TPSA) is 0 Å². The maximum atomic E-state index is 2.63. The lowest BCUT2D eigenvalue weighted by atomic mass is 9.80. The van der Waals surface area contributed by atoms with Gasteiger partial charge in [0.25, 0.3) is 0 Å². The van der Waals surface area contributed by atoms with Crippen LogP contribution in [0.4, 0.5) is 0 Å². The van der Waals surface area contributed by atoms with E-state index in [4.69, 9.17) is 0 Å². The highest BCUT2D eigenvalue weighted by Gasteiger charge is 2.48. The largest absolute Gasteiger partial charge is 0.158 e. The van der Waals surface area contributed by atoms with Crippen LogP contribution in [0.1, 0.15) is 158 Å². The summed E-state index contributed by atoms with van der Waals surface area (Å²) < 4.78 is 0. The van der Waals surface area contributed by atoms with Crippen LogP contribution in [0.5, 0.6) is 0 Å². The van der Waals surface area contributed by atoms with Crippen molar-refractivity contribution in [2.45, 2.75) is 163 Å². The Morgan fingerprint density at radius 3 is 0.667 bits per heavy atom. The predicted octanol–water partition coefficient (Wildman–Crippen LogP) is 11.4. The van der Waals surface area contributed by atoms with Crippen LogP contribution in [0.25, 0.3) is 0 Å². The molecule has 0 nitrogen and oxygen atoms in total. The molecule has 1 heteroatoms. The van der Waals surface area contributed by atoms with Gasteiger partial charge in [-0.2, -0.15) is 0 Å². The summed E-state index contributed by atoms with van der Waals surface area (Å²) in [5, 5.41) is 4.58. The standard InChI is InChI=1S/C47H68Si/c1-42(2,3)32-23-33(43(4,5)6)27-39(26-32)48(38-21-19-20-22-38,40-28-34(44(7,8)9)24-35(29-40)45(10,11)12)41-30-36(46(13,14)15)25-37(31-41)47(16,17)18/h19-31,38H,1-18H3. The molecule has 3 aromatic carbocycles. The van der Waals surface area contributed by atoms with E-state index < -0.39 is 8.07 Å². The van der Waals surface area contributed by atoms with Gasteiger partial charge in [-0.05, 0) is 81.4 Å². The lowest BCUT2D eigenvalue weighted by Gasteiger charge is -2.42. The van der Waals surface area contributed by atoms with E-state index >= 15 is 0 Å². The zero-order chi connectivity index (χ0) is 36.5. The molecule has 0 bridgehead atoms. The van der Waals surface area contributed by atoms with Crippen LogP contribution in [-0.2, 0) is 32.5 Å². The molecule has 0 aliphatic heterocycles. The Morgan fingerprint density at radius 1 is 0.312 bits per heavy atom. The second-order valence-corrected chi connectivity index (χ2v) is 25.0. The Bertz CT molecular complexity index is 1410. The number of benzene rings is 3. The minimum atomic E-state index is -2.83. The third-order valence-corrected chi connectivity index (χ3v) is 15.6. The van der Waals surface area contributed by atoms with Crippen LogP contribution in [0.2, 0.25) is 5.54 Å². The lowest BCUT2D eigenvalue weighted by molar-refractivity contribution is 0.569. The first-order chi connectivity index (χ1) is 21.6. The van der Waals surface area contributed by atoms with E-state index in [1.807, 2.05) is 0 Å². The van der Waals surface area contributed by atoms with Crippen LogP contribution in [0, 0.1) is 0 Å². The molecule has 0 N–H and O–H groups in total. The first-order valence-electron chi connectivity index (χ1n) is 18.4. The number of hydrogen-bond donors (Lipinski definition) is 0. The second-order valence-electron chi connectivity index (χ2n) is 21.0. The van der Waals surface area contributed by atoms with Gasteiger partial charge in [0.15, 0.2) is 8.07 Å². The fourth-order valence-electron chi connectivity index (χ4n) is 6.96. The molecule has 1 aliphatic carbocycles. The van der Waals surface area contributed by atoms with Crippen molar-refractivity contribution < 1.29 is 0 Å². The van der Waals surface area contributed by atoms with Gasteiger partial charge >= 0.3 is 0 Å². The Labute approximate surface area is 297 Å². The van der Waals surface area contributed by atoms with Crippen LogP contribution in [0.3, 0.4) is 0 Å². The average molecular weight is 661 g/mol. The van der Waals surface area contributed by atoms with Crippen molar-refractivity contribution in [3.8, 4) is 0 Å². The molecular weight excluding hydrogens is 593 g/mol. The monoisotopic (exact) mass is 661 g/mol. The van der Waals surface area contributed by atoms with E-state index in [2.05, 4.69) is 204 Å². The summed E-state index contributed by atoms with van der Waals surface area (Å²) in [5.74, 6) is 0. The van der Waals surface area contributed by atoms with E-state index in [0.717, 1.165) is 0 Å². The van der Waals surface area contributed by atoms with Crippen molar-refractivity contribution in [2.75, 3.05) is 0 Å². The van der Waals surface area contributed by atoms with Gasteiger partial charge in [0.2, 0.25) is 0 Å². The van der Waals surface area contributed by atoms with E-state index in [1.54, 1.807) is 0 Å². The summed E-state index contributed by atoms with van der Waals surface area (Å²) in [7, 11) is -2.83. The third-order valence-electron chi connectivity index (χ3n) is 10.6. The summed E-state index contributed by atoms with van der Waals surface area (Å²) in [6.07, 6.45) is 9.66. The normalized spacial score (nSPS) is 15.5. The molecule has 0 aromatic heterocycles.